The lowest BCUT2D eigenvalue weighted by molar-refractivity contribution is -0.140. The van der Waals surface area contributed by atoms with Gasteiger partial charge in [-0.15, -0.1) is 0 Å². The number of carboxylic acid groups (broad SMARTS) is 1. The maximum Gasteiger partial charge on any atom is 0.323 e. The van der Waals surface area contributed by atoms with Crippen LogP contribution in [0.25, 0.3) is 0 Å². The first kappa shape index (κ1) is 21.4. The Morgan fingerprint density at radius 3 is 2.28 bits per heavy atom. The van der Waals surface area contributed by atoms with Crippen LogP contribution < -0.4 is 0 Å². The van der Waals surface area contributed by atoms with E-state index in [1.54, 1.807) is 11.0 Å². The van der Waals surface area contributed by atoms with Crippen LogP contribution in [-0.4, -0.2) is 69.2 Å². The first-order valence-corrected chi connectivity index (χ1v) is 9.37. The third-order valence-electron chi connectivity index (χ3n) is 3.77. The first-order chi connectivity index (χ1) is 11.8. The fourth-order valence-corrected chi connectivity index (χ4v) is 3.60. The van der Waals surface area contributed by atoms with Crippen molar-refractivity contribution < 1.29 is 14.7 Å². The highest BCUT2D eigenvalue weighted by Gasteiger charge is 2.35. The molecule has 138 valence electrons. The van der Waals surface area contributed by atoms with Crippen molar-refractivity contribution in [2.45, 2.75) is 20.8 Å². The van der Waals surface area contributed by atoms with Crippen LogP contribution in [0.4, 0.5) is 0 Å². The minimum atomic E-state index is -1.08. The topological polar surface area (TPSA) is 64.1 Å². The maximum atomic E-state index is 12.1. The number of aliphatic carboxylic acids is 1. The summed E-state index contributed by atoms with van der Waals surface area (Å²) in [6, 6.07) is 0. The van der Waals surface area contributed by atoms with Crippen LogP contribution >= 0.6 is 24.0 Å². The molecule has 8 heteroatoms. The van der Waals surface area contributed by atoms with Crippen LogP contribution in [0.5, 0.6) is 0 Å². The number of amides is 1. The molecule has 0 bridgehead atoms. The number of thiocarbonyl (C=S) groups is 1. The van der Waals surface area contributed by atoms with Crippen molar-refractivity contribution in [2.24, 2.45) is 0 Å². The number of allylic oxidation sites excluding steroid dienone is 3. The quantitative estimate of drug-likeness (QED) is 0.578. The molecular formula is C17H25N3O3S2. The minimum Gasteiger partial charge on any atom is -0.480 e. The predicted octanol–water partition coefficient (Wildman–Crippen LogP) is 2.51. The van der Waals surface area contributed by atoms with Crippen LogP contribution in [0.15, 0.2) is 35.0 Å². The Kier molecular flexibility index (Phi) is 8.88. The average Bonchev–Trinajstić information content (AvgIpc) is 2.85. The predicted molar refractivity (Wildman–Crippen MR) is 106 cm³/mol. The van der Waals surface area contributed by atoms with Gasteiger partial charge in [-0.3, -0.25) is 14.5 Å². The van der Waals surface area contributed by atoms with Gasteiger partial charge >= 0.3 is 5.97 Å². The first-order valence-electron chi connectivity index (χ1n) is 8.15. The summed E-state index contributed by atoms with van der Waals surface area (Å²) in [6.07, 6.45) is 7.28. The fourth-order valence-electron chi connectivity index (χ4n) is 2.26. The van der Waals surface area contributed by atoms with E-state index < -0.39 is 12.5 Å². The van der Waals surface area contributed by atoms with E-state index in [0.717, 1.165) is 22.4 Å². The Labute approximate surface area is 158 Å². The van der Waals surface area contributed by atoms with E-state index in [-0.39, 0.29) is 10.2 Å². The second-order valence-corrected chi connectivity index (χ2v) is 6.94. The Morgan fingerprint density at radius 1 is 1.24 bits per heavy atom. The molecule has 0 aromatic heterocycles. The third kappa shape index (κ3) is 5.98. The third-order valence-corrected chi connectivity index (χ3v) is 5.22. The molecule has 1 N–H and O–H groups in total. The second-order valence-electron chi connectivity index (χ2n) is 5.30. The Morgan fingerprint density at radius 2 is 1.84 bits per heavy atom. The van der Waals surface area contributed by atoms with Gasteiger partial charge < -0.3 is 14.9 Å². The summed E-state index contributed by atoms with van der Waals surface area (Å²) >= 11 is 6.16. The molecule has 2 aliphatic heterocycles. The van der Waals surface area contributed by atoms with E-state index >= 15 is 0 Å². The van der Waals surface area contributed by atoms with Crippen LogP contribution in [0.2, 0.25) is 0 Å². The minimum absolute atomic E-state index is 0.279. The van der Waals surface area contributed by atoms with Crippen LogP contribution in [-0.2, 0) is 9.59 Å². The van der Waals surface area contributed by atoms with Crippen molar-refractivity contribution in [3.63, 3.8) is 0 Å². The molecule has 2 rings (SSSR count). The van der Waals surface area contributed by atoms with Gasteiger partial charge in [-0.25, -0.2) is 0 Å². The van der Waals surface area contributed by atoms with Gasteiger partial charge in [-0.2, -0.15) is 0 Å². The van der Waals surface area contributed by atoms with E-state index in [0.29, 0.717) is 4.91 Å². The fraction of sp³-hybridized carbons (Fsp3) is 0.471. The number of likely N-dealkylation sites (N-methyl/N-ethyl adjacent to an activating group) is 1. The van der Waals surface area contributed by atoms with Gasteiger partial charge in [0.2, 0.25) is 0 Å². The molecule has 1 amide bonds. The average molecular weight is 384 g/mol. The molecule has 1 fully saturated rings. The van der Waals surface area contributed by atoms with Crippen LogP contribution in [0, 0.1) is 0 Å². The summed E-state index contributed by atoms with van der Waals surface area (Å²) < 4.78 is 0.279. The highest BCUT2D eigenvalue weighted by molar-refractivity contribution is 8.26. The molecule has 6 nitrogen and oxygen atoms in total. The molecular weight excluding hydrogens is 358 g/mol. The molecule has 0 aromatic carbocycles. The molecule has 0 aliphatic carbocycles. The number of nitrogens with zero attached hydrogens (tertiary/aromatic N) is 3. The lowest BCUT2D eigenvalue weighted by Gasteiger charge is -2.19. The van der Waals surface area contributed by atoms with Crippen molar-refractivity contribution >= 4 is 40.2 Å². The van der Waals surface area contributed by atoms with E-state index in [2.05, 4.69) is 25.7 Å². The molecule has 0 aromatic rings. The second kappa shape index (κ2) is 10.4. The van der Waals surface area contributed by atoms with Crippen LogP contribution in [0.1, 0.15) is 20.8 Å². The molecule has 0 atom stereocenters. The highest BCUT2D eigenvalue weighted by Crippen LogP contribution is 2.35. The van der Waals surface area contributed by atoms with Gasteiger partial charge in [0.25, 0.3) is 5.91 Å². The normalized spacial score (nSPS) is 19.6. The van der Waals surface area contributed by atoms with Crippen LogP contribution in [0.3, 0.4) is 0 Å². The van der Waals surface area contributed by atoms with Gasteiger partial charge in [0.1, 0.15) is 15.8 Å². The van der Waals surface area contributed by atoms with Gasteiger partial charge in [0.15, 0.2) is 0 Å². The Hall–Kier alpha value is -1.64. The Balaban J connectivity index is 0.000000381. The van der Waals surface area contributed by atoms with Gasteiger partial charge in [0, 0.05) is 13.2 Å². The lowest BCUT2D eigenvalue weighted by Crippen LogP contribution is -2.33. The molecule has 0 radical (unpaired) electrons. The van der Waals surface area contributed by atoms with Crippen molar-refractivity contribution in [1.82, 2.24) is 14.7 Å². The smallest absolute Gasteiger partial charge is 0.323 e. The van der Waals surface area contributed by atoms with Crippen molar-refractivity contribution in [3.8, 4) is 0 Å². The molecule has 2 aliphatic rings. The van der Waals surface area contributed by atoms with Crippen molar-refractivity contribution in [1.29, 1.82) is 0 Å². The molecule has 0 spiro atoms. The number of rotatable bonds is 5. The molecule has 2 heterocycles. The van der Waals surface area contributed by atoms with Gasteiger partial charge in [-0.05, 0) is 31.8 Å². The number of hydrogen-bond acceptors (Lipinski definition) is 6. The molecule has 0 saturated carbocycles. The van der Waals surface area contributed by atoms with E-state index in [4.69, 9.17) is 17.3 Å². The van der Waals surface area contributed by atoms with E-state index in [1.165, 1.54) is 19.6 Å². The Bertz CT molecular complexity index is 605. The zero-order valence-corrected chi connectivity index (χ0v) is 16.7. The van der Waals surface area contributed by atoms with Gasteiger partial charge in [-0.1, -0.05) is 50.8 Å². The lowest BCUT2D eigenvalue weighted by atomic mass is 10.2. The van der Waals surface area contributed by atoms with Crippen molar-refractivity contribution in [2.75, 3.05) is 33.2 Å². The number of hydrogen-bond donors (Lipinski definition) is 1. The molecule has 25 heavy (non-hydrogen) atoms. The van der Waals surface area contributed by atoms with Gasteiger partial charge in [0.05, 0.1) is 5.70 Å². The van der Waals surface area contributed by atoms with E-state index in [9.17, 15) is 9.59 Å². The highest BCUT2D eigenvalue weighted by atomic mass is 32.2. The zero-order valence-electron chi connectivity index (χ0n) is 15.1. The SMILES string of the molecule is CCN(CC)CC.CN1C=CC=C/C1=C1\SC(=S)N(CC(=O)O)C1=O. The summed E-state index contributed by atoms with van der Waals surface area (Å²) in [5, 5.41) is 8.74. The summed E-state index contributed by atoms with van der Waals surface area (Å²) in [4.78, 5) is 28.5. The largest absolute Gasteiger partial charge is 0.480 e. The summed E-state index contributed by atoms with van der Waals surface area (Å²) in [7, 11) is 1.82. The summed E-state index contributed by atoms with van der Waals surface area (Å²) in [5.74, 6) is -1.43. The monoisotopic (exact) mass is 383 g/mol. The van der Waals surface area contributed by atoms with E-state index in [1.807, 2.05) is 25.4 Å². The number of carbonyl (C=O) groups is 2. The molecule has 0 unspecified atom stereocenters. The summed E-state index contributed by atoms with van der Waals surface area (Å²) in [6.45, 7) is 9.73. The molecule has 1 saturated heterocycles. The zero-order chi connectivity index (χ0) is 19.0. The summed E-state index contributed by atoms with van der Waals surface area (Å²) in [5.41, 5.74) is 0.725. The van der Waals surface area contributed by atoms with Crippen molar-refractivity contribution in [3.05, 3.63) is 35.0 Å². The number of carbonyl (C=O) groups excluding carboxylic acids is 1. The standard InChI is InChI=1S/C11H10N2O3S2.C6H15N/c1-12-5-3-2-4-7(12)9-10(16)13(6-8(14)15)11(17)18-9;1-4-7(5-2)6-3/h2-5H,6H2,1H3,(H,14,15);4-6H2,1-3H3/b9-7+;. The maximum absolute atomic E-state index is 12.1. The number of carboxylic acids is 1. The number of thioether (sulfide) groups is 1.